The van der Waals surface area contributed by atoms with E-state index >= 15 is 0 Å². The number of hydrogen-bond acceptors (Lipinski definition) is 5. The summed E-state index contributed by atoms with van der Waals surface area (Å²) in [5.74, 6) is 1.26. The number of ether oxygens (including phenoxy) is 1. The third kappa shape index (κ3) is 5.56. The summed E-state index contributed by atoms with van der Waals surface area (Å²) in [6.45, 7) is 14.3. The quantitative estimate of drug-likeness (QED) is 0.346. The van der Waals surface area contributed by atoms with Crippen molar-refractivity contribution in [1.82, 2.24) is 20.5 Å². The first kappa shape index (κ1) is 23.1. The molecule has 2 aromatic carbocycles. The summed E-state index contributed by atoms with van der Waals surface area (Å²) in [4.78, 5) is 7.64. The van der Waals surface area contributed by atoms with Crippen LogP contribution in [-0.4, -0.2) is 28.6 Å². The molecule has 0 saturated carbocycles. The number of methoxy groups -OCH3 is 1. The van der Waals surface area contributed by atoms with Gasteiger partial charge in [-0.2, -0.15) is 5.48 Å². The third-order valence-electron chi connectivity index (χ3n) is 5.31. The Labute approximate surface area is 185 Å². The van der Waals surface area contributed by atoms with Crippen LogP contribution in [0.15, 0.2) is 36.4 Å². The maximum Gasteiger partial charge on any atom is 0.191 e. The minimum absolute atomic E-state index is 0.0760. The van der Waals surface area contributed by atoms with E-state index in [0.29, 0.717) is 11.5 Å². The number of unbranched alkanes of at least 4 members (excludes halogenated alkanes) is 1. The van der Waals surface area contributed by atoms with E-state index in [-0.39, 0.29) is 10.8 Å². The molecule has 0 bridgehead atoms. The maximum atomic E-state index is 5.99. The lowest BCUT2D eigenvalue weighted by Crippen LogP contribution is -2.26. The molecule has 1 heterocycles. The number of nitrogens with one attached hydrogen (secondary N) is 1. The Morgan fingerprint density at radius 2 is 1.65 bits per heavy atom. The minimum atomic E-state index is -0.0760. The predicted molar refractivity (Wildman–Crippen MR) is 126 cm³/mol. The van der Waals surface area contributed by atoms with Gasteiger partial charge in [0.2, 0.25) is 0 Å². The summed E-state index contributed by atoms with van der Waals surface area (Å²) in [6.07, 6.45) is 3.15. The van der Waals surface area contributed by atoms with Gasteiger partial charge in [-0.05, 0) is 53.5 Å². The molecule has 0 saturated heterocycles. The lowest BCUT2D eigenvalue weighted by Gasteiger charge is -2.33. The molecule has 6 nitrogen and oxygen atoms in total. The van der Waals surface area contributed by atoms with Crippen molar-refractivity contribution < 1.29 is 9.57 Å². The standard InChI is InChI=1S/C25H36N4O2/c1-8-9-14-26-31-22-16-18(25(5,6)17-24(2,3)4)15-21(23(22)30-7)29-27-19-12-10-11-13-20(19)28-29/h10-13,15-16,26H,8-9,14,17H2,1-7H3. The SMILES string of the molecule is CCCCNOc1cc(C(C)(C)CC(C)(C)C)cc(-n2nc3ccccc3n2)c1OC. The Bertz CT molecular complexity index is 985. The number of fused-ring (bicyclic) bond motifs is 1. The molecule has 0 aliphatic carbocycles. The molecule has 0 amide bonds. The smallest absolute Gasteiger partial charge is 0.191 e. The van der Waals surface area contributed by atoms with Crippen LogP contribution >= 0.6 is 0 Å². The first-order valence-corrected chi connectivity index (χ1v) is 11.1. The van der Waals surface area contributed by atoms with E-state index in [0.717, 1.165) is 48.1 Å². The highest BCUT2D eigenvalue weighted by Crippen LogP contribution is 2.42. The molecule has 1 N–H and O–H groups in total. The van der Waals surface area contributed by atoms with E-state index in [1.54, 1.807) is 11.9 Å². The molecule has 0 radical (unpaired) electrons. The van der Waals surface area contributed by atoms with Gasteiger partial charge >= 0.3 is 0 Å². The van der Waals surface area contributed by atoms with Crippen LogP contribution in [0.25, 0.3) is 16.7 Å². The van der Waals surface area contributed by atoms with Crippen LogP contribution in [0, 0.1) is 5.41 Å². The summed E-state index contributed by atoms with van der Waals surface area (Å²) >= 11 is 0. The predicted octanol–water partition coefficient (Wildman–Crippen LogP) is 5.83. The molecule has 0 aliphatic rings. The first-order chi connectivity index (χ1) is 14.6. The van der Waals surface area contributed by atoms with E-state index in [1.165, 1.54) is 0 Å². The maximum absolute atomic E-state index is 5.99. The van der Waals surface area contributed by atoms with Crippen LogP contribution < -0.4 is 15.1 Å². The van der Waals surface area contributed by atoms with Crippen molar-refractivity contribution in [2.24, 2.45) is 5.41 Å². The molecule has 168 valence electrons. The van der Waals surface area contributed by atoms with Gasteiger partial charge in [-0.15, -0.1) is 15.0 Å². The highest BCUT2D eigenvalue weighted by atomic mass is 16.7. The number of hydrogen-bond donors (Lipinski definition) is 1. The van der Waals surface area contributed by atoms with Crippen molar-refractivity contribution in [2.75, 3.05) is 13.7 Å². The number of rotatable bonds is 9. The van der Waals surface area contributed by atoms with Crippen molar-refractivity contribution >= 4 is 11.0 Å². The minimum Gasteiger partial charge on any atom is -0.491 e. The van der Waals surface area contributed by atoms with Crippen LogP contribution in [0.5, 0.6) is 11.5 Å². The van der Waals surface area contributed by atoms with Gasteiger partial charge in [0.15, 0.2) is 11.5 Å². The fraction of sp³-hybridized carbons (Fsp3) is 0.520. The lowest BCUT2D eigenvalue weighted by atomic mass is 9.72. The summed E-state index contributed by atoms with van der Waals surface area (Å²) < 4.78 is 5.79. The Hall–Kier alpha value is -2.60. The van der Waals surface area contributed by atoms with Crippen molar-refractivity contribution in [3.05, 3.63) is 42.0 Å². The van der Waals surface area contributed by atoms with Gasteiger partial charge in [-0.25, -0.2) is 0 Å². The zero-order chi connectivity index (χ0) is 22.6. The van der Waals surface area contributed by atoms with Gasteiger partial charge < -0.3 is 9.57 Å². The fourth-order valence-corrected chi connectivity index (χ4v) is 4.18. The van der Waals surface area contributed by atoms with E-state index < -0.39 is 0 Å². The average Bonchev–Trinajstić information content (AvgIpc) is 3.13. The van der Waals surface area contributed by atoms with Gasteiger partial charge in [0.1, 0.15) is 16.7 Å². The molecule has 0 aliphatic heterocycles. The molecule has 6 heteroatoms. The van der Waals surface area contributed by atoms with Crippen molar-refractivity contribution in [2.45, 2.75) is 66.2 Å². The summed E-state index contributed by atoms with van der Waals surface area (Å²) in [7, 11) is 1.65. The topological polar surface area (TPSA) is 61.2 Å². The number of nitrogens with zero attached hydrogens (tertiary/aromatic N) is 3. The average molecular weight is 425 g/mol. The van der Waals surface area contributed by atoms with Gasteiger partial charge in [0, 0.05) is 6.54 Å². The van der Waals surface area contributed by atoms with Crippen LogP contribution in [0.1, 0.15) is 66.4 Å². The third-order valence-corrected chi connectivity index (χ3v) is 5.31. The van der Waals surface area contributed by atoms with E-state index in [1.807, 2.05) is 24.3 Å². The lowest BCUT2D eigenvalue weighted by molar-refractivity contribution is 0.184. The Kier molecular flexibility index (Phi) is 6.90. The first-order valence-electron chi connectivity index (χ1n) is 11.1. The van der Waals surface area contributed by atoms with Gasteiger partial charge in [-0.3, -0.25) is 0 Å². The molecule has 3 aromatic rings. The largest absolute Gasteiger partial charge is 0.491 e. The molecular weight excluding hydrogens is 388 g/mol. The number of aromatic nitrogens is 3. The van der Waals surface area contributed by atoms with E-state index in [9.17, 15) is 0 Å². The molecule has 1 aromatic heterocycles. The van der Waals surface area contributed by atoms with Crippen LogP contribution in [0.4, 0.5) is 0 Å². The second-order valence-electron chi connectivity index (χ2n) is 9.98. The molecular formula is C25H36N4O2. The monoisotopic (exact) mass is 424 g/mol. The van der Waals surface area contributed by atoms with E-state index in [2.05, 4.69) is 69.4 Å². The normalized spacial score (nSPS) is 12.4. The van der Waals surface area contributed by atoms with E-state index in [4.69, 9.17) is 9.57 Å². The van der Waals surface area contributed by atoms with Crippen LogP contribution in [0.3, 0.4) is 0 Å². The Morgan fingerprint density at radius 3 is 2.19 bits per heavy atom. The highest BCUT2D eigenvalue weighted by Gasteiger charge is 2.30. The Balaban J connectivity index is 2.12. The van der Waals surface area contributed by atoms with Crippen LogP contribution in [-0.2, 0) is 5.41 Å². The Morgan fingerprint density at radius 1 is 1.00 bits per heavy atom. The fourth-order valence-electron chi connectivity index (χ4n) is 4.18. The summed E-state index contributed by atoms with van der Waals surface area (Å²) in [6, 6.07) is 12.1. The van der Waals surface area contributed by atoms with Crippen LogP contribution in [0.2, 0.25) is 0 Å². The van der Waals surface area contributed by atoms with Gasteiger partial charge in [-0.1, -0.05) is 60.1 Å². The van der Waals surface area contributed by atoms with Crippen molar-refractivity contribution in [3.63, 3.8) is 0 Å². The molecule has 0 unspecified atom stereocenters. The van der Waals surface area contributed by atoms with Gasteiger partial charge in [0.25, 0.3) is 0 Å². The van der Waals surface area contributed by atoms with Gasteiger partial charge in [0.05, 0.1) is 7.11 Å². The zero-order valence-electron chi connectivity index (χ0n) is 20.0. The molecule has 31 heavy (non-hydrogen) atoms. The molecule has 3 rings (SSSR count). The second kappa shape index (κ2) is 9.27. The number of benzene rings is 2. The molecule has 0 spiro atoms. The summed E-state index contributed by atoms with van der Waals surface area (Å²) in [5.41, 5.74) is 6.80. The molecule has 0 fully saturated rings. The highest BCUT2D eigenvalue weighted by molar-refractivity contribution is 5.74. The zero-order valence-corrected chi connectivity index (χ0v) is 20.0. The summed E-state index contributed by atoms with van der Waals surface area (Å²) in [5, 5.41) is 9.38. The van der Waals surface area contributed by atoms with Crippen molar-refractivity contribution in [3.8, 4) is 17.2 Å². The number of hydroxylamine groups is 1. The molecule has 0 atom stereocenters. The van der Waals surface area contributed by atoms with Crippen molar-refractivity contribution in [1.29, 1.82) is 0 Å². The second-order valence-corrected chi connectivity index (χ2v) is 9.98.